The monoisotopic (exact) mass is 374 g/mol. The topological polar surface area (TPSA) is 20.2 Å². The van der Waals surface area contributed by atoms with Gasteiger partial charge in [0.15, 0.2) is 0 Å². The molecule has 19 heavy (non-hydrogen) atoms. The molecule has 4 heteroatoms. The molecule has 0 fully saturated rings. The molecule has 0 aromatic heterocycles. The highest BCUT2D eigenvalue weighted by molar-refractivity contribution is 14.1. The van der Waals surface area contributed by atoms with E-state index in [2.05, 4.69) is 22.6 Å². The Hall–Kier alpha value is -1.01. The van der Waals surface area contributed by atoms with Gasteiger partial charge in [-0.1, -0.05) is 24.3 Å². The highest BCUT2D eigenvalue weighted by Gasteiger charge is 2.15. The van der Waals surface area contributed by atoms with E-state index in [0.29, 0.717) is 5.56 Å². The Morgan fingerprint density at radius 2 is 1.95 bits per heavy atom. The summed E-state index contributed by atoms with van der Waals surface area (Å²) < 4.78 is 27.3. The number of aliphatic hydroxyl groups excluding tert-OH is 1. The van der Waals surface area contributed by atoms with Crippen LogP contribution < -0.4 is 0 Å². The lowest BCUT2D eigenvalue weighted by atomic mass is 10.00. The molecule has 0 aliphatic carbocycles. The van der Waals surface area contributed by atoms with Gasteiger partial charge in [-0.25, -0.2) is 8.78 Å². The zero-order chi connectivity index (χ0) is 14.0. The highest BCUT2D eigenvalue weighted by atomic mass is 127. The second kappa shape index (κ2) is 5.96. The van der Waals surface area contributed by atoms with Crippen LogP contribution in [0.2, 0.25) is 0 Å². The number of halogens is 3. The Balaban J connectivity index is 2.25. The fraction of sp³-hybridized carbons (Fsp3) is 0.200. The van der Waals surface area contributed by atoms with Crippen LogP contribution in [0.1, 0.15) is 22.8 Å². The Bertz CT molecular complexity index is 599. The maximum atomic E-state index is 13.6. The van der Waals surface area contributed by atoms with Gasteiger partial charge in [0.05, 0.1) is 6.10 Å². The summed E-state index contributed by atoms with van der Waals surface area (Å²) in [5.41, 5.74) is 2.15. The molecule has 0 radical (unpaired) electrons. The van der Waals surface area contributed by atoms with Gasteiger partial charge < -0.3 is 5.11 Å². The van der Waals surface area contributed by atoms with Gasteiger partial charge in [0.25, 0.3) is 0 Å². The molecule has 0 bridgehead atoms. The molecular formula is C15H13F2IO. The van der Waals surface area contributed by atoms with Crippen molar-refractivity contribution in [2.45, 2.75) is 19.4 Å². The summed E-state index contributed by atoms with van der Waals surface area (Å²) in [5, 5.41) is 10.2. The van der Waals surface area contributed by atoms with Gasteiger partial charge >= 0.3 is 0 Å². The summed E-state index contributed by atoms with van der Waals surface area (Å²) in [7, 11) is 0. The van der Waals surface area contributed by atoms with E-state index < -0.39 is 17.7 Å². The van der Waals surface area contributed by atoms with Crippen LogP contribution in [-0.2, 0) is 6.42 Å². The van der Waals surface area contributed by atoms with Crippen LogP contribution in [0.5, 0.6) is 0 Å². The molecule has 1 nitrogen and oxygen atoms in total. The van der Waals surface area contributed by atoms with Crippen LogP contribution in [0.4, 0.5) is 8.78 Å². The molecule has 0 saturated carbocycles. The van der Waals surface area contributed by atoms with Crippen molar-refractivity contribution >= 4 is 22.6 Å². The number of benzene rings is 2. The molecule has 0 aliphatic heterocycles. The third-order valence-corrected chi connectivity index (χ3v) is 4.48. The summed E-state index contributed by atoms with van der Waals surface area (Å²) in [6.07, 6.45) is -0.669. The fourth-order valence-corrected chi connectivity index (χ4v) is 2.65. The quantitative estimate of drug-likeness (QED) is 0.801. The molecule has 0 heterocycles. The number of hydrogen-bond donors (Lipinski definition) is 1. The van der Waals surface area contributed by atoms with Crippen molar-refractivity contribution in [3.63, 3.8) is 0 Å². The Morgan fingerprint density at radius 3 is 2.63 bits per heavy atom. The predicted molar refractivity (Wildman–Crippen MR) is 78.9 cm³/mol. The molecule has 2 rings (SSSR count). The molecule has 100 valence electrons. The van der Waals surface area contributed by atoms with Crippen molar-refractivity contribution in [2.75, 3.05) is 0 Å². The average molecular weight is 374 g/mol. The summed E-state index contributed by atoms with van der Waals surface area (Å²) in [6, 6.07) is 9.04. The van der Waals surface area contributed by atoms with Crippen LogP contribution in [0.3, 0.4) is 0 Å². The smallest absolute Gasteiger partial charge is 0.129 e. The van der Waals surface area contributed by atoms with Gasteiger partial charge in [-0.2, -0.15) is 0 Å². The minimum Gasteiger partial charge on any atom is -0.388 e. The van der Waals surface area contributed by atoms with Gasteiger partial charge in [-0.15, -0.1) is 0 Å². The predicted octanol–water partition coefficient (Wildman–Crippen LogP) is 4.15. The third-order valence-electron chi connectivity index (χ3n) is 3.01. The van der Waals surface area contributed by atoms with Gasteiger partial charge in [0.2, 0.25) is 0 Å². The lowest BCUT2D eigenvalue weighted by molar-refractivity contribution is 0.176. The zero-order valence-electron chi connectivity index (χ0n) is 10.3. The number of hydrogen-bond acceptors (Lipinski definition) is 1. The molecular weight excluding hydrogens is 361 g/mol. The van der Waals surface area contributed by atoms with Crippen LogP contribution in [0.15, 0.2) is 36.4 Å². The van der Waals surface area contributed by atoms with E-state index in [1.54, 1.807) is 0 Å². The molecule has 0 aliphatic rings. The molecule has 1 atom stereocenters. The van der Waals surface area contributed by atoms with Crippen molar-refractivity contribution in [3.8, 4) is 0 Å². The van der Waals surface area contributed by atoms with Crippen molar-refractivity contribution in [2.24, 2.45) is 0 Å². The number of rotatable bonds is 3. The first-order valence-corrected chi connectivity index (χ1v) is 6.94. The Labute approximate surface area is 124 Å². The first-order valence-electron chi connectivity index (χ1n) is 5.86. The molecule has 0 amide bonds. The maximum Gasteiger partial charge on any atom is 0.129 e. The summed E-state index contributed by atoms with van der Waals surface area (Å²) in [6.45, 7) is 1.95. The third kappa shape index (κ3) is 3.30. The lowest BCUT2D eigenvalue weighted by Crippen LogP contribution is -2.06. The van der Waals surface area contributed by atoms with Crippen LogP contribution >= 0.6 is 22.6 Å². The van der Waals surface area contributed by atoms with Crippen molar-refractivity contribution < 1.29 is 13.9 Å². The average Bonchev–Trinajstić information content (AvgIpc) is 2.36. The molecule has 0 spiro atoms. The SMILES string of the molecule is Cc1cccc(C(O)Cc2ccc(F)cc2F)c1I. The second-order valence-electron chi connectivity index (χ2n) is 4.43. The Morgan fingerprint density at radius 1 is 1.21 bits per heavy atom. The standard InChI is InChI=1S/C15H13F2IO/c1-9-3-2-4-12(15(9)18)14(19)7-10-5-6-11(16)8-13(10)17/h2-6,8,14,19H,7H2,1H3. The second-order valence-corrected chi connectivity index (χ2v) is 5.51. The van der Waals surface area contributed by atoms with Crippen LogP contribution in [0, 0.1) is 22.1 Å². The molecule has 2 aromatic carbocycles. The maximum absolute atomic E-state index is 13.6. The summed E-state index contributed by atoms with van der Waals surface area (Å²) in [5.74, 6) is -1.23. The van der Waals surface area contributed by atoms with E-state index in [-0.39, 0.29) is 6.42 Å². The van der Waals surface area contributed by atoms with E-state index in [9.17, 15) is 13.9 Å². The first kappa shape index (κ1) is 14.4. The number of aryl methyl sites for hydroxylation is 1. The zero-order valence-corrected chi connectivity index (χ0v) is 12.5. The van der Waals surface area contributed by atoms with E-state index in [1.807, 2.05) is 25.1 Å². The van der Waals surface area contributed by atoms with Gasteiger partial charge in [-0.3, -0.25) is 0 Å². The fourth-order valence-electron chi connectivity index (χ4n) is 1.93. The van der Waals surface area contributed by atoms with Crippen LogP contribution in [0.25, 0.3) is 0 Å². The van der Waals surface area contributed by atoms with Crippen molar-refractivity contribution in [1.29, 1.82) is 0 Å². The molecule has 0 saturated heterocycles. The highest BCUT2D eigenvalue weighted by Crippen LogP contribution is 2.26. The van der Waals surface area contributed by atoms with Gasteiger partial charge in [0, 0.05) is 16.1 Å². The van der Waals surface area contributed by atoms with Crippen LogP contribution in [-0.4, -0.2) is 5.11 Å². The number of aliphatic hydroxyl groups is 1. The minimum atomic E-state index is -0.799. The first-order chi connectivity index (χ1) is 8.99. The molecule has 2 aromatic rings. The lowest BCUT2D eigenvalue weighted by Gasteiger charge is -2.15. The Kier molecular flexibility index (Phi) is 4.52. The van der Waals surface area contributed by atoms with Gasteiger partial charge in [0.1, 0.15) is 11.6 Å². The normalized spacial score (nSPS) is 12.5. The van der Waals surface area contributed by atoms with Crippen molar-refractivity contribution in [1.82, 2.24) is 0 Å². The van der Waals surface area contributed by atoms with Crippen molar-refractivity contribution in [3.05, 3.63) is 68.3 Å². The largest absolute Gasteiger partial charge is 0.388 e. The van der Waals surface area contributed by atoms with E-state index >= 15 is 0 Å². The summed E-state index contributed by atoms with van der Waals surface area (Å²) >= 11 is 2.16. The van der Waals surface area contributed by atoms with E-state index in [0.717, 1.165) is 20.8 Å². The van der Waals surface area contributed by atoms with Gasteiger partial charge in [-0.05, 0) is 52.3 Å². The summed E-state index contributed by atoms with van der Waals surface area (Å²) in [4.78, 5) is 0. The molecule has 1 unspecified atom stereocenters. The minimum absolute atomic E-state index is 0.131. The van der Waals surface area contributed by atoms with E-state index in [1.165, 1.54) is 12.1 Å². The molecule has 1 N–H and O–H groups in total. The van der Waals surface area contributed by atoms with E-state index in [4.69, 9.17) is 0 Å².